The molecule has 1 aromatic rings. The van der Waals surface area contributed by atoms with Crippen molar-refractivity contribution in [3.63, 3.8) is 0 Å². The van der Waals surface area contributed by atoms with Crippen molar-refractivity contribution >= 4 is 29.3 Å². The van der Waals surface area contributed by atoms with Gasteiger partial charge >= 0.3 is 0 Å². The molecule has 1 aromatic carbocycles. The number of carbonyl (C=O) groups is 3. The van der Waals surface area contributed by atoms with Gasteiger partial charge in [-0.05, 0) is 36.8 Å². The largest absolute Gasteiger partial charge is 0.393 e. The van der Waals surface area contributed by atoms with Crippen LogP contribution in [0.3, 0.4) is 0 Å². The van der Waals surface area contributed by atoms with Gasteiger partial charge in [-0.2, -0.15) is 0 Å². The second-order valence-corrected chi connectivity index (χ2v) is 8.86. The predicted octanol–water partition coefficient (Wildman–Crippen LogP) is 2.38. The Hall–Kier alpha value is -1.96. The summed E-state index contributed by atoms with van der Waals surface area (Å²) in [4.78, 5) is 42.4. The number of nitrogens with zero attached hydrogens (tertiary/aromatic N) is 2. The molecule has 0 spiro atoms. The number of likely N-dealkylation sites (tertiary alicyclic amines) is 2. The summed E-state index contributed by atoms with van der Waals surface area (Å²) < 4.78 is 5.05. The SMILES string of the molecule is CC[C@H](O)C1CCN(C(=O)C[C@]2(c3ccccc3Cl)CC(=O)N(CCOC)C2=O)CC1. The summed E-state index contributed by atoms with van der Waals surface area (Å²) in [7, 11) is 1.51. The highest BCUT2D eigenvalue weighted by Crippen LogP contribution is 2.43. The zero-order valence-electron chi connectivity index (χ0n) is 18.2. The summed E-state index contributed by atoms with van der Waals surface area (Å²) in [5.41, 5.74) is -0.792. The van der Waals surface area contributed by atoms with Crippen LogP contribution in [0.1, 0.15) is 44.6 Å². The molecule has 2 atom stereocenters. The van der Waals surface area contributed by atoms with Crippen LogP contribution in [0.25, 0.3) is 0 Å². The highest BCUT2D eigenvalue weighted by atomic mass is 35.5. The van der Waals surface area contributed by atoms with Crippen LogP contribution >= 0.6 is 11.6 Å². The van der Waals surface area contributed by atoms with Gasteiger partial charge in [-0.25, -0.2) is 0 Å². The zero-order chi connectivity index (χ0) is 22.6. The number of methoxy groups -OCH3 is 1. The lowest BCUT2D eigenvalue weighted by Gasteiger charge is -2.36. The summed E-state index contributed by atoms with van der Waals surface area (Å²) in [5.74, 6) is -0.697. The van der Waals surface area contributed by atoms with Gasteiger partial charge in [-0.15, -0.1) is 0 Å². The summed E-state index contributed by atoms with van der Waals surface area (Å²) in [5, 5.41) is 10.5. The first-order chi connectivity index (χ1) is 14.8. The highest BCUT2D eigenvalue weighted by Gasteiger charge is 2.54. The number of aliphatic hydroxyl groups is 1. The molecule has 2 aliphatic heterocycles. The molecule has 3 rings (SSSR count). The predicted molar refractivity (Wildman–Crippen MR) is 117 cm³/mol. The molecule has 2 saturated heterocycles. The second kappa shape index (κ2) is 10.1. The molecule has 8 heteroatoms. The number of rotatable bonds is 8. The third kappa shape index (κ3) is 4.78. The first kappa shape index (κ1) is 23.7. The van der Waals surface area contributed by atoms with Crippen LogP contribution in [0.2, 0.25) is 5.02 Å². The van der Waals surface area contributed by atoms with Gasteiger partial charge in [0.1, 0.15) is 0 Å². The van der Waals surface area contributed by atoms with Crippen molar-refractivity contribution in [3.8, 4) is 0 Å². The van der Waals surface area contributed by atoms with Crippen LogP contribution in [-0.2, 0) is 24.5 Å². The third-order valence-electron chi connectivity index (χ3n) is 6.62. The normalized spacial score (nSPS) is 23.5. The van der Waals surface area contributed by atoms with E-state index in [0.717, 1.165) is 12.8 Å². The summed E-state index contributed by atoms with van der Waals surface area (Å²) >= 11 is 6.44. The molecule has 7 nitrogen and oxygen atoms in total. The molecule has 31 heavy (non-hydrogen) atoms. The Balaban J connectivity index is 1.84. The van der Waals surface area contributed by atoms with Gasteiger partial charge in [0.25, 0.3) is 0 Å². The van der Waals surface area contributed by atoms with E-state index >= 15 is 0 Å². The average molecular weight is 451 g/mol. The minimum atomic E-state index is -1.31. The minimum Gasteiger partial charge on any atom is -0.393 e. The van der Waals surface area contributed by atoms with Crippen LogP contribution < -0.4 is 0 Å². The summed E-state index contributed by atoms with van der Waals surface area (Å²) in [6.45, 7) is 3.41. The number of hydrogen-bond donors (Lipinski definition) is 1. The van der Waals surface area contributed by atoms with E-state index in [1.165, 1.54) is 12.0 Å². The fourth-order valence-electron chi connectivity index (χ4n) is 4.74. The van der Waals surface area contributed by atoms with E-state index in [2.05, 4.69) is 0 Å². The van der Waals surface area contributed by atoms with Gasteiger partial charge in [0.2, 0.25) is 17.7 Å². The van der Waals surface area contributed by atoms with Crippen molar-refractivity contribution in [2.24, 2.45) is 5.92 Å². The molecule has 2 fully saturated rings. The van der Waals surface area contributed by atoms with Gasteiger partial charge in [0.05, 0.1) is 24.7 Å². The summed E-state index contributed by atoms with van der Waals surface area (Å²) in [6.07, 6.45) is 1.61. The Morgan fingerprint density at radius 2 is 1.97 bits per heavy atom. The van der Waals surface area contributed by atoms with Crippen molar-refractivity contribution in [3.05, 3.63) is 34.9 Å². The first-order valence-corrected chi connectivity index (χ1v) is 11.3. The lowest BCUT2D eigenvalue weighted by atomic mass is 9.75. The smallest absolute Gasteiger partial charge is 0.241 e. The van der Waals surface area contributed by atoms with Crippen LogP contribution in [0.4, 0.5) is 0 Å². The van der Waals surface area contributed by atoms with Crippen LogP contribution in [0.15, 0.2) is 24.3 Å². The molecule has 170 valence electrons. The van der Waals surface area contributed by atoms with E-state index in [0.29, 0.717) is 30.1 Å². The molecule has 3 amide bonds. The first-order valence-electron chi connectivity index (χ1n) is 10.9. The van der Waals surface area contributed by atoms with Crippen molar-refractivity contribution in [1.82, 2.24) is 9.80 Å². The number of ether oxygens (including phenoxy) is 1. The lowest BCUT2D eigenvalue weighted by Crippen LogP contribution is -2.46. The number of halogens is 1. The Labute approximate surface area is 188 Å². The van der Waals surface area contributed by atoms with Crippen molar-refractivity contribution in [2.75, 3.05) is 33.4 Å². The maximum absolute atomic E-state index is 13.5. The Morgan fingerprint density at radius 1 is 1.29 bits per heavy atom. The number of amides is 3. The molecular weight excluding hydrogens is 420 g/mol. The number of piperidine rings is 1. The van der Waals surface area contributed by atoms with Gasteiger partial charge in [0, 0.05) is 38.1 Å². The van der Waals surface area contributed by atoms with Gasteiger partial charge in [-0.3, -0.25) is 19.3 Å². The standard InChI is InChI=1S/C23H31ClN2O5/c1-3-19(27)16-8-10-25(11-9-16)20(28)14-23(17-6-4-5-7-18(17)24)15-21(29)26(22(23)30)12-13-31-2/h4-7,16,19,27H,3,8-15H2,1-2H3/t19-,23+/m0/s1. The van der Waals surface area contributed by atoms with E-state index in [4.69, 9.17) is 16.3 Å². The Kier molecular flexibility index (Phi) is 7.73. The Bertz CT molecular complexity index is 824. The quantitative estimate of drug-likeness (QED) is 0.614. The number of hydrogen-bond acceptors (Lipinski definition) is 5. The number of carbonyl (C=O) groups excluding carboxylic acids is 3. The molecule has 0 aromatic heterocycles. The molecule has 0 saturated carbocycles. The Morgan fingerprint density at radius 3 is 2.58 bits per heavy atom. The van der Waals surface area contributed by atoms with Crippen LogP contribution in [-0.4, -0.2) is 72.1 Å². The number of aliphatic hydroxyl groups excluding tert-OH is 1. The number of imide groups is 1. The maximum Gasteiger partial charge on any atom is 0.241 e. The maximum atomic E-state index is 13.5. The second-order valence-electron chi connectivity index (χ2n) is 8.45. The van der Waals surface area contributed by atoms with E-state index in [9.17, 15) is 19.5 Å². The number of benzene rings is 1. The highest BCUT2D eigenvalue weighted by molar-refractivity contribution is 6.32. The van der Waals surface area contributed by atoms with Crippen molar-refractivity contribution < 1.29 is 24.2 Å². The molecule has 0 radical (unpaired) electrons. The molecule has 0 unspecified atom stereocenters. The molecule has 0 aliphatic carbocycles. The van der Waals surface area contributed by atoms with Gasteiger partial charge < -0.3 is 14.7 Å². The van der Waals surface area contributed by atoms with Gasteiger partial charge in [0.15, 0.2) is 0 Å². The average Bonchev–Trinajstić information content (AvgIpc) is 3.01. The minimum absolute atomic E-state index is 0.0873. The molecule has 2 heterocycles. The van der Waals surface area contributed by atoms with E-state index < -0.39 is 11.3 Å². The monoisotopic (exact) mass is 450 g/mol. The fourth-order valence-corrected chi connectivity index (χ4v) is 5.06. The zero-order valence-corrected chi connectivity index (χ0v) is 18.9. The lowest BCUT2D eigenvalue weighted by molar-refractivity contribution is -0.143. The van der Waals surface area contributed by atoms with Crippen molar-refractivity contribution in [1.29, 1.82) is 0 Å². The van der Waals surface area contributed by atoms with Crippen LogP contribution in [0, 0.1) is 5.92 Å². The molecule has 2 aliphatic rings. The van der Waals surface area contributed by atoms with E-state index in [1.54, 1.807) is 29.2 Å². The van der Waals surface area contributed by atoms with E-state index in [1.807, 2.05) is 6.92 Å². The molecule has 1 N–H and O–H groups in total. The van der Waals surface area contributed by atoms with E-state index in [-0.39, 0.29) is 49.8 Å². The molecule has 0 bridgehead atoms. The van der Waals surface area contributed by atoms with Crippen LogP contribution in [0.5, 0.6) is 0 Å². The third-order valence-corrected chi connectivity index (χ3v) is 6.95. The fraction of sp³-hybridized carbons (Fsp3) is 0.609. The van der Waals surface area contributed by atoms with Gasteiger partial charge in [-0.1, -0.05) is 36.7 Å². The molecular formula is C23H31ClN2O5. The van der Waals surface area contributed by atoms with Crippen molar-refractivity contribution in [2.45, 2.75) is 50.5 Å². The topological polar surface area (TPSA) is 87.2 Å². The summed E-state index contributed by atoms with van der Waals surface area (Å²) in [6, 6.07) is 6.93.